The molecule has 0 aliphatic rings. The van der Waals surface area contributed by atoms with Crippen molar-refractivity contribution in [2.75, 3.05) is 10.6 Å². The number of hydrogen-bond donors (Lipinski definition) is 2. The van der Waals surface area contributed by atoms with E-state index in [0.29, 0.717) is 22.9 Å². The number of nitrogens with zero attached hydrogens (tertiary/aromatic N) is 4. The van der Waals surface area contributed by atoms with Crippen molar-refractivity contribution in [2.45, 2.75) is 0 Å². The van der Waals surface area contributed by atoms with Gasteiger partial charge in [-0.15, -0.1) is 0 Å². The van der Waals surface area contributed by atoms with Crippen molar-refractivity contribution >= 4 is 34.1 Å². The molecule has 2 aromatic heterocycles. The summed E-state index contributed by atoms with van der Waals surface area (Å²) in [4.78, 5) is 8.64. The second-order valence-corrected chi connectivity index (χ2v) is 5.68. The largest absolute Gasteiger partial charge is 0.446 e. The highest BCUT2D eigenvalue weighted by Gasteiger charge is 2.06. The number of hydrogen-bond acceptors (Lipinski definition) is 7. The quantitative estimate of drug-likeness (QED) is 0.558. The van der Waals surface area contributed by atoms with Gasteiger partial charge in [0.25, 0.3) is 0 Å². The predicted molar refractivity (Wildman–Crippen MR) is 101 cm³/mol. The number of rotatable bonds is 4. The molecule has 0 radical (unpaired) electrons. The highest BCUT2D eigenvalue weighted by molar-refractivity contribution is 5.83. The summed E-state index contributed by atoms with van der Waals surface area (Å²) in [5.74, 6) is 1.32. The number of furan rings is 1. The van der Waals surface area contributed by atoms with Crippen LogP contribution < -0.4 is 10.6 Å². The van der Waals surface area contributed by atoms with E-state index in [-0.39, 0.29) is 5.76 Å². The zero-order valence-electron chi connectivity index (χ0n) is 14.0. The van der Waals surface area contributed by atoms with Gasteiger partial charge in [0.1, 0.15) is 17.5 Å². The molecular formula is C20H12N6O. The standard InChI is InChI=1S/C20H12N6O/c21-11-13-1-3-15(4-2-13)25-20-23-8-7-19(26-20)24-16-5-6-18-14(9-16)10-17(12-22)27-18/h1-10H,(H2,23,24,25,26). The Balaban J connectivity index is 1.53. The lowest BCUT2D eigenvalue weighted by Crippen LogP contribution is -2.00. The normalized spacial score (nSPS) is 10.1. The van der Waals surface area contributed by atoms with Gasteiger partial charge in [-0.25, -0.2) is 4.98 Å². The summed E-state index contributed by atoms with van der Waals surface area (Å²) in [6.07, 6.45) is 1.64. The molecular weight excluding hydrogens is 340 g/mol. The highest BCUT2D eigenvalue weighted by Crippen LogP contribution is 2.25. The zero-order chi connectivity index (χ0) is 18.6. The summed E-state index contributed by atoms with van der Waals surface area (Å²) in [6, 6.07) is 20.1. The lowest BCUT2D eigenvalue weighted by molar-refractivity contribution is 0.599. The molecule has 0 unspecified atom stereocenters. The van der Waals surface area contributed by atoms with Gasteiger partial charge in [-0.05, 0) is 48.5 Å². The fourth-order valence-corrected chi connectivity index (χ4v) is 2.57. The Hall–Kier alpha value is -4.36. The molecule has 0 aliphatic heterocycles. The number of nitrogens with one attached hydrogen (secondary N) is 2. The van der Waals surface area contributed by atoms with E-state index in [1.807, 2.05) is 18.2 Å². The first-order valence-corrected chi connectivity index (χ1v) is 8.04. The van der Waals surface area contributed by atoms with E-state index in [0.717, 1.165) is 16.8 Å². The third-order valence-electron chi connectivity index (χ3n) is 3.82. The van der Waals surface area contributed by atoms with Gasteiger partial charge in [-0.1, -0.05) is 0 Å². The van der Waals surface area contributed by atoms with Crippen molar-refractivity contribution in [3.63, 3.8) is 0 Å². The Labute approximate surface area is 154 Å². The Kier molecular flexibility index (Phi) is 4.10. The van der Waals surface area contributed by atoms with Gasteiger partial charge in [-0.2, -0.15) is 15.5 Å². The third kappa shape index (κ3) is 3.53. The molecule has 7 nitrogen and oxygen atoms in total. The number of nitriles is 2. The summed E-state index contributed by atoms with van der Waals surface area (Å²) in [7, 11) is 0. The van der Waals surface area contributed by atoms with Crippen LogP contribution in [0.2, 0.25) is 0 Å². The lowest BCUT2D eigenvalue weighted by Gasteiger charge is -2.08. The molecule has 4 aromatic rings. The van der Waals surface area contributed by atoms with Crippen LogP contribution in [-0.4, -0.2) is 9.97 Å². The Morgan fingerprint density at radius 2 is 1.67 bits per heavy atom. The van der Waals surface area contributed by atoms with Crippen molar-refractivity contribution < 1.29 is 4.42 Å². The number of benzene rings is 2. The third-order valence-corrected chi connectivity index (χ3v) is 3.82. The molecule has 0 amide bonds. The first kappa shape index (κ1) is 16.1. The van der Waals surface area contributed by atoms with Gasteiger partial charge in [-0.3, -0.25) is 0 Å². The van der Waals surface area contributed by atoms with Crippen LogP contribution in [0, 0.1) is 22.7 Å². The second kappa shape index (κ2) is 6.87. The van der Waals surface area contributed by atoms with E-state index in [4.69, 9.17) is 14.9 Å². The average Bonchev–Trinajstić information content (AvgIpc) is 3.11. The molecule has 2 N–H and O–H groups in total. The molecule has 7 heteroatoms. The Morgan fingerprint density at radius 1 is 0.852 bits per heavy atom. The molecule has 0 saturated carbocycles. The van der Waals surface area contributed by atoms with Crippen molar-refractivity contribution in [1.29, 1.82) is 10.5 Å². The van der Waals surface area contributed by atoms with Crippen molar-refractivity contribution in [3.8, 4) is 12.1 Å². The van der Waals surface area contributed by atoms with Crippen LogP contribution in [0.15, 0.2) is 65.2 Å². The molecule has 2 heterocycles. The number of aromatic nitrogens is 2. The van der Waals surface area contributed by atoms with E-state index >= 15 is 0 Å². The Bertz CT molecular complexity index is 1200. The number of anilines is 4. The minimum absolute atomic E-state index is 0.276. The van der Waals surface area contributed by atoms with Crippen LogP contribution in [0.5, 0.6) is 0 Å². The molecule has 2 aromatic carbocycles. The van der Waals surface area contributed by atoms with Crippen LogP contribution in [-0.2, 0) is 0 Å². The topological polar surface area (TPSA) is 111 Å². The maximum Gasteiger partial charge on any atom is 0.229 e. The highest BCUT2D eigenvalue weighted by atomic mass is 16.3. The summed E-state index contributed by atoms with van der Waals surface area (Å²) in [5, 5.41) is 24.9. The van der Waals surface area contributed by atoms with Gasteiger partial charge in [0, 0.05) is 29.0 Å². The lowest BCUT2D eigenvalue weighted by atomic mass is 10.2. The van der Waals surface area contributed by atoms with Crippen molar-refractivity contribution in [2.24, 2.45) is 0 Å². The van der Waals surface area contributed by atoms with Gasteiger partial charge in [0.05, 0.1) is 11.6 Å². The molecule has 27 heavy (non-hydrogen) atoms. The smallest absolute Gasteiger partial charge is 0.229 e. The molecule has 0 spiro atoms. The van der Waals surface area contributed by atoms with Crippen molar-refractivity contribution in [3.05, 3.63) is 72.1 Å². The zero-order valence-corrected chi connectivity index (χ0v) is 14.0. The molecule has 128 valence electrons. The van der Waals surface area contributed by atoms with Gasteiger partial charge < -0.3 is 15.1 Å². The molecule has 0 atom stereocenters. The fraction of sp³-hybridized carbons (Fsp3) is 0. The van der Waals surface area contributed by atoms with E-state index < -0.39 is 0 Å². The van der Waals surface area contributed by atoms with Crippen molar-refractivity contribution in [1.82, 2.24) is 9.97 Å². The van der Waals surface area contributed by atoms with Crippen LogP contribution in [0.1, 0.15) is 11.3 Å². The van der Waals surface area contributed by atoms with Crippen LogP contribution in [0.3, 0.4) is 0 Å². The summed E-state index contributed by atoms with van der Waals surface area (Å²) < 4.78 is 5.38. The Morgan fingerprint density at radius 3 is 2.44 bits per heavy atom. The summed E-state index contributed by atoms with van der Waals surface area (Å²) >= 11 is 0. The maximum absolute atomic E-state index is 8.92. The molecule has 4 rings (SSSR count). The molecule has 0 fully saturated rings. The summed E-state index contributed by atoms with van der Waals surface area (Å²) in [5.41, 5.74) is 2.85. The van der Waals surface area contributed by atoms with E-state index in [2.05, 4.69) is 26.7 Å². The number of fused-ring (bicyclic) bond motifs is 1. The molecule has 0 bridgehead atoms. The first-order valence-electron chi connectivity index (χ1n) is 8.04. The van der Waals surface area contributed by atoms with Gasteiger partial charge >= 0.3 is 0 Å². The van der Waals surface area contributed by atoms with Gasteiger partial charge in [0.15, 0.2) is 0 Å². The first-order chi connectivity index (χ1) is 13.2. The average molecular weight is 352 g/mol. The minimum Gasteiger partial charge on any atom is -0.446 e. The van der Waals surface area contributed by atoms with Crippen LogP contribution >= 0.6 is 0 Å². The fourth-order valence-electron chi connectivity index (χ4n) is 2.57. The second-order valence-electron chi connectivity index (χ2n) is 5.68. The monoisotopic (exact) mass is 352 g/mol. The predicted octanol–water partition coefficient (Wildman–Crippen LogP) is 4.45. The molecule has 0 saturated heterocycles. The van der Waals surface area contributed by atoms with Gasteiger partial charge in [0.2, 0.25) is 11.7 Å². The molecule has 0 aliphatic carbocycles. The maximum atomic E-state index is 8.92. The van der Waals surface area contributed by atoms with E-state index in [9.17, 15) is 0 Å². The van der Waals surface area contributed by atoms with E-state index in [1.165, 1.54) is 0 Å². The SMILES string of the molecule is N#Cc1ccc(Nc2nccc(Nc3ccc4oc(C#N)cc4c3)n2)cc1. The van der Waals surface area contributed by atoms with Crippen LogP contribution in [0.4, 0.5) is 23.1 Å². The minimum atomic E-state index is 0.276. The van der Waals surface area contributed by atoms with Crippen LogP contribution in [0.25, 0.3) is 11.0 Å². The summed E-state index contributed by atoms with van der Waals surface area (Å²) in [6.45, 7) is 0. The van der Waals surface area contributed by atoms with E-state index in [1.54, 1.807) is 48.7 Å².